The van der Waals surface area contributed by atoms with E-state index in [1.165, 1.54) is 11.1 Å². The van der Waals surface area contributed by atoms with Crippen molar-refractivity contribution < 1.29 is 5.11 Å². The smallest absolute Gasteiger partial charge is 0.134 e. The van der Waals surface area contributed by atoms with Gasteiger partial charge in [-0.15, -0.1) is 0 Å². The number of halogens is 1. The van der Waals surface area contributed by atoms with Crippen molar-refractivity contribution in [2.75, 3.05) is 26.2 Å². The molecule has 2 N–H and O–H groups in total. The zero-order valence-corrected chi connectivity index (χ0v) is 21.6. The number of rotatable bonds is 8. The summed E-state index contributed by atoms with van der Waals surface area (Å²) in [7, 11) is 0. The highest BCUT2D eigenvalue weighted by Gasteiger charge is 2.33. The van der Waals surface area contributed by atoms with E-state index in [9.17, 15) is 5.11 Å². The molecule has 0 radical (unpaired) electrons. The summed E-state index contributed by atoms with van der Waals surface area (Å²) in [4.78, 5) is 9.48. The van der Waals surface area contributed by atoms with Gasteiger partial charge in [0.25, 0.3) is 0 Å². The van der Waals surface area contributed by atoms with Crippen LogP contribution in [0, 0.1) is 0 Å². The lowest BCUT2D eigenvalue weighted by Crippen LogP contribution is -2.54. The van der Waals surface area contributed by atoms with Gasteiger partial charge in [-0.3, -0.25) is 9.80 Å². The maximum atomic E-state index is 11.2. The number of β-amino-alcohol motifs (C(OH)–C–C–N with tert-alkyl or cyclic N) is 1. The Balaban J connectivity index is 1.17. The molecular weight excluding hydrogens is 456 g/mol. The summed E-state index contributed by atoms with van der Waals surface area (Å²) in [6, 6.07) is 19.1. The van der Waals surface area contributed by atoms with Crippen molar-refractivity contribution >= 4 is 22.5 Å². The Bertz CT molecular complexity index is 1170. The molecule has 1 aromatic heterocycles. The highest BCUT2D eigenvalue weighted by Crippen LogP contribution is 2.27. The third kappa shape index (κ3) is 5.87. The van der Waals surface area contributed by atoms with Crippen LogP contribution in [0.1, 0.15) is 43.4 Å². The van der Waals surface area contributed by atoms with Gasteiger partial charge in [0, 0.05) is 55.3 Å². The lowest BCUT2D eigenvalue weighted by Gasteiger charge is -2.38. The maximum Gasteiger partial charge on any atom is 0.134 e. The fourth-order valence-electron chi connectivity index (χ4n) is 5.77. The van der Waals surface area contributed by atoms with Gasteiger partial charge >= 0.3 is 0 Å². The average molecular weight is 493 g/mol. The number of nitrogens with one attached hydrogen (secondary N) is 1. The Labute approximate surface area is 214 Å². The van der Waals surface area contributed by atoms with Crippen molar-refractivity contribution in [3.05, 3.63) is 76.4 Å². The van der Waals surface area contributed by atoms with Crippen molar-refractivity contribution in [3.63, 3.8) is 0 Å². The first-order chi connectivity index (χ1) is 16.9. The minimum Gasteiger partial charge on any atom is -0.390 e. The zero-order chi connectivity index (χ0) is 24.4. The summed E-state index contributed by atoms with van der Waals surface area (Å²) in [5.41, 5.74) is 4.79. The molecule has 6 heteroatoms. The molecule has 3 aromatic rings. The molecule has 1 saturated heterocycles. The van der Waals surface area contributed by atoms with Crippen LogP contribution in [0.4, 0.5) is 0 Å². The van der Waals surface area contributed by atoms with Gasteiger partial charge in [0.2, 0.25) is 0 Å². The Morgan fingerprint density at radius 1 is 1.11 bits per heavy atom. The molecule has 2 atom stereocenters. The number of benzene rings is 2. The lowest BCUT2D eigenvalue weighted by atomic mass is 9.97. The quantitative estimate of drug-likeness (QED) is 0.449. The SMILES string of the molecule is CC(C)(CN1CCc2ccccc2C1)NC[C@@H](O)[C@H]1CCCN1Cc1cc2ccccc2nc1Cl. The summed E-state index contributed by atoms with van der Waals surface area (Å²) in [5.74, 6) is 0. The fraction of sp³-hybridized carbons (Fsp3) is 0.483. The van der Waals surface area contributed by atoms with E-state index in [0.29, 0.717) is 11.7 Å². The van der Waals surface area contributed by atoms with Crippen molar-refractivity contribution in [1.29, 1.82) is 0 Å². The molecule has 0 amide bonds. The van der Waals surface area contributed by atoms with Gasteiger partial charge in [0.05, 0.1) is 11.6 Å². The standard InChI is InChI=1S/C29H37ClN4O/c1-29(2,20-33-15-13-21-8-3-4-10-23(21)18-33)31-17-27(35)26-12-7-14-34(26)19-24-16-22-9-5-6-11-25(22)32-28(24)30/h3-6,8-11,16,26-27,31,35H,7,12-15,17-20H2,1-2H3/t26-,27-/m1/s1. The van der Waals surface area contributed by atoms with Crippen molar-refractivity contribution in [2.24, 2.45) is 0 Å². The van der Waals surface area contributed by atoms with Crippen LogP contribution in [0.2, 0.25) is 5.15 Å². The largest absolute Gasteiger partial charge is 0.390 e. The van der Waals surface area contributed by atoms with Gasteiger partial charge in [-0.05, 0) is 62.9 Å². The molecule has 35 heavy (non-hydrogen) atoms. The van der Waals surface area contributed by atoms with Gasteiger partial charge in [-0.2, -0.15) is 0 Å². The lowest BCUT2D eigenvalue weighted by molar-refractivity contribution is 0.0599. The van der Waals surface area contributed by atoms with E-state index in [1.807, 2.05) is 18.2 Å². The van der Waals surface area contributed by atoms with Gasteiger partial charge in [-0.25, -0.2) is 4.98 Å². The third-order valence-corrected chi connectivity index (χ3v) is 7.93. The second-order valence-electron chi connectivity index (χ2n) is 10.9. The Hall–Kier alpha value is -2.02. The van der Waals surface area contributed by atoms with E-state index in [4.69, 9.17) is 11.6 Å². The number of aromatic nitrogens is 1. The molecule has 0 saturated carbocycles. The summed E-state index contributed by atoms with van der Waals surface area (Å²) >= 11 is 6.54. The molecule has 0 bridgehead atoms. The molecule has 5 rings (SSSR count). The predicted molar refractivity (Wildman–Crippen MR) is 144 cm³/mol. The predicted octanol–water partition coefficient (Wildman–Crippen LogP) is 4.64. The number of likely N-dealkylation sites (tertiary alicyclic amines) is 1. The molecule has 0 spiro atoms. The van der Waals surface area contributed by atoms with Crippen molar-refractivity contribution in [3.8, 4) is 0 Å². The monoisotopic (exact) mass is 492 g/mol. The molecule has 186 valence electrons. The zero-order valence-electron chi connectivity index (χ0n) is 20.9. The van der Waals surface area contributed by atoms with E-state index in [0.717, 1.165) is 68.5 Å². The third-order valence-electron chi connectivity index (χ3n) is 7.60. The number of aliphatic hydroxyl groups excluding tert-OH is 1. The van der Waals surface area contributed by atoms with Crippen LogP contribution in [0.25, 0.3) is 10.9 Å². The Kier molecular flexibility index (Phi) is 7.42. The van der Waals surface area contributed by atoms with Crippen LogP contribution in [0.5, 0.6) is 0 Å². The van der Waals surface area contributed by atoms with Crippen molar-refractivity contribution in [1.82, 2.24) is 20.1 Å². The number of fused-ring (bicyclic) bond motifs is 2. The molecule has 2 aliphatic heterocycles. The summed E-state index contributed by atoms with van der Waals surface area (Å²) < 4.78 is 0. The summed E-state index contributed by atoms with van der Waals surface area (Å²) in [5, 5.41) is 16.5. The Morgan fingerprint density at radius 3 is 2.74 bits per heavy atom. The molecule has 5 nitrogen and oxygen atoms in total. The van der Waals surface area contributed by atoms with Gasteiger partial charge in [-0.1, -0.05) is 54.1 Å². The fourth-order valence-corrected chi connectivity index (χ4v) is 5.98. The number of hydrogen-bond acceptors (Lipinski definition) is 5. The van der Waals surface area contributed by atoms with Gasteiger partial charge in [0.1, 0.15) is 5.15 Å². The molecule has 2 aliphatic rings. The number of nitrogens with zero attached hydrogens (tertiary/aromatic N) is 3. The second-order valence-corrected chi connectivity index (χ2v) is 11.2. The number of pyridine rings is 1. The van der Waals surface area contributed by atoms with E-state index in [-0.39, 0.29) is 11.6 Å². The topological polar surface area (TPSA) is 51.6 Å². The molecule has 0 unspecified atom stereocenters. The Morgan fingerprint density at radius 2 is 1.89 bits per heavy atom. The van der Waals surface area contributed by atoms with E-state index >= 15 is 0 Å². The first-order valence-corrected chi connectivity index (χ1v) is 13.3. The second kappa shape index (κ2) is 10.5. The van der Waals surface area contributed by atoms with Gasteiger partial charge < -0.3 is 10.4 Å². The highest BCUT2D eigenvalue weighted by molar-refractivity contribution is 6.30. The summed E-state index contributed by atoms with van der Waals surface area (Å²) in [6.07, 6.45) is 2.78. The normalized spacial score (nSPS) is 20.3. The maximum absolute atomic E-state index is 11.2. The first kappa shape index (κ1) is 24.7. The molecular formula is C29H37ClN4O. The number of para-hydroxylation sites is 1. The van der Waals surface area contributed by atoms with E-state index < -0.39 is 6.10 Å². The van der Waals surface area contributed by atoms with Crippen LogP contribution in [0.3, 0.4) is 0 Å². The number of hydrogen-bond donors (Lipinski definition) is 2. The van der Waals surface area contributed by atoms with E-state index in [2.05, 4.69) is 70.3 Å². The summed E-state index contributed by atoms with van der Waals surface area (Å²) in [6.45, 7) is 9.81. The van der Waals surface area contributed by atoms with Crippen LogP contribution in [0.15, 0.2) is 54.6 Å². The molecule has 2 aromatic carbocycles. The van der Waals surface area contributed by atoms with Crippen LogP contribution in [-0.2, 0) is 19.5 Å². The van der Waals surface area contributed by atoms with Crippen molar-refractivity contribution in [2.45, 2.75) is 63.9 Å². The molecule has 0 aliphatic carbocycles. The highest BCUT2D eigenvalue weighted by atomic mass is 35.5. The molecule has 1 fully saturated rings. The van der Waals surface area contributed by atoms with E-state index in [1.54, 1.807) is 0 Å². The van der Waals surface area contributed by atoms with Crippen LogP contribution < -0.4 is 5.32 Å². The van der Waals surface area contributed by atoms with Crippen LogP contribution in [-0.4, -0.2) is 63.8 Å². The van der Waals surface area contributed by atoms with Crippen LogP contribution >= 0.6 is 11.6 Å². The first-order valence-electron chi connectivity index (χ1n) is 12.9. The average Bonchev–Trinajstić information content (AvgIpc) is 3.31. The van der Waals surface area contributed by atoms with Gasteiger partial charge in [0.15, 0.2) is 0 Å². The molecule has 3 heterocycles. The number of aliphatic hydroxyl groups is 1. The minimum atomic E-state index is -0.425. The minimum absolute atomic E-state index is 0.0811.